The van der Waals surface area contributed by atoms with Crippen LogP contribution in [0.4, 0.5) is 25.0 Å². The number of hydrogen-bond acceptors (Lipinski definition) is 6. The Kier molecular flexibility index (Phi) is 4.95. The molecule has 0 saturated carbocycles. The summed E-state index contributed by atoms with van der Waals surface area (Å²) in [4.78, 5) is 14.7. The van der Waals surface area contributed by atoms with Gasteiger partial charge in [-0.25, -0.2) is 22.0 Å². The number of benzene rings is 1. The van der Waals surface area contributed by atoms with E-state index < -0.39 is 33.7 Å². The predicted octanol–water partition coefficient (Wildman–Crippen LogP) is 1.51. The zero-order chi connectivity index (χ0) is 20.1. The minimum Gasteiger partial charge on any atom is -0.443 e. The van der Waals surface area contributed by atoms with Crippen molar-refractivity contribution in [2.75, 3.05) is 47.5 Å². The van der Waals surface area contributed by atoms with E-state index in [2.05, 4.69) is 0 Å². The van der Waals surface area contributed by atoms with Gasteiger partial charge in [0, 0.05) is 31.8 Å². The molecule has 28 heavy (non-hydrogen) atoms. The number of anilines is 2. The summed E-state index contributed by atoms with van der Waals surface area (Å²) >= 11 is 0. The second kappa shape index (κ2) is 7.14. The van der Waals surface area contributed by atoms with E-state index in [0.29, 0.717) is 25.9 Å². The molecule has 1 aromatic carbocycles. The summed E-state index contributed by atoms with van der Waals surface area (Å²) < 4.78 is 58.3. The lowest BCUT2D eigenvalue weighted by Gasteiger charge is -2.22. The van der Waals surface area contributed by atoms with Gasteiger partial charge in [-0.2, -0.15) is 0 Å². The molecule has 4 rings (SSSR count). The van der Waals surface area contributed by atoms with Crippen LogP contribution < -0.4 is 15.5 Å². The van der Waals surface area contributed by atoms with E-state index in [-0.39, 0.29) is 47.8 Å². The quantitative estimate of drug-likeness (QED) is 0.805. The highest BCUT2D eigenvalue weighted by Crippen LogP contribution is 2.38. The third-order valence-electron chi connectivity index (χ3n) is 5.94. The fourth-order valence-electron chi connectivity index (χ4n) is 4.40. The molecule has 10 heteroatoms. The SMILES string of the molecule is NC[C@H]1CN(c2cc(F)c(N3CC4CCS(=O)(=O)CCC4C3)c(F)c2)C(=O)O1. The average molecular weight is 415 g/mol. The lowest BCUT2D eigenvalue weighted by molar-refractivity contribution is 0.145. The number of rotatable bonds is 3. The summed E-state index contributed by atoms with van der Waals surface area (Å²) in [5, 5.41) is 0. The van der Waals surface area contributed by atoms with Gasteiger partial charge >= 0.3 is 6.09 Å². The average Bonchev–Trinajstić information content (AvgIpc) is 3.17. The highest BCUT2D eigenvalue weighted by atomic mass is 32.2. The van der Waals surface area contributed by atoms with Crippen LogP contribution in [0, 0.1) is 23.5 Å². The number of fused-ring (bicyclic) bond motifs is 1. The number of nitrogens with zero attached hydrogens (tertiary/aromatic N) is 2. The Morgan fingerprint density at radius 1 is 1.07 bits per heavy atom. The third-order valence-corrected chi connectivity index (χ3v) is 7.66. The maximum atomic E-state index is 14.8. The molecule has 3 heterocycles. The second-order valence-corrected chi connectivity index (χ2v) is 10.1. The van der Waals surface area contributed by atoms with Gasteiger partial charge < -0.3 is 15.4 Å². The Morgan fingerprint density at radius 2 is 1.64 bits per heavy atom. The zero-order valence-electron chi connectivity index (χ0n) is 15.3. The molecule has 154 valence electrons. The number of amides is 1. The van der Waals surface area contributed by atoms with Crippen LogP contribution in [0.15, 0.2) is 12.1 Å². The minimum atomic E-state index is -3.01. The van der Waals surface area contributed by atoms with Crippen molar-refractivity contribution in [2.45, 2.75) is 18.9 Å². The van der Waals surface area contributed by atoms with Gasteiger partial charge in [-0.3, -0.25) is 4.90 Å². The van der Waals surface area contributed by atoms with Crippen molar-refractivity contribution in [3.8, 4) is 0 Å². The topological polar surface area (TPSA) is 92.9 Å². The molecule has 3 fully saturated rings. The van der Waals surface area contributed by atoms with E-state index in [1.807, 2.05) is 0 Å². The number of ether oxygens (including phenoxy) is 1. The van der Waals surface area contributed by atoms with Crippen molar-refractivity contribution in [1.29, 1.82) is 0 Å². The van der Waals surface area contributed by atoms with Gasteiger partial charge in [-0.1, -0.05) is 0 Å². The molecule has 3 aliphatic rings. The van der Waals surface area contributed by atoms with Gasteiger partial charge in [-0.05, 0) is 24.7 Å². The van der Waals surface area contributed by atoms with Gasteiger partial charge in [0.2, 0.25) is 0 Å². The molecule has 3 aliphatic heterocycles. The Balaban J connectivity index is 1.55. The Morgan fingerprint density at radius 3 is 2.14 bits per heavy atom. The smallest absolute Gasteiger partial charge is 0.414 e. The summed E-state index contributed by atoms with van der Waals surface area (Å²) in [6.45, 7) is 1.14. The van der Waals surface area contributed by atoms with Gasteiger partial charge in [0.05, 0.1) is 23.7 Å². The first kappa shape index (κ1) is 19.4. The van der Waals surface area contributed by atoms with E-state index in [1.54, 1.807) is 4.90 Å². The van der Waals surface area contributed by atoms with Gasteiger partial charge in [0.15, 0.2) is 11.6 Å². The summed E-state index contributed by atoms with van der Waals surface area (Å²) in [6, 6.07) is 2.27. The lowest BCUT2D eigenvalue weighted by Crippen LogP contribution is -2.28. The van der Waals surface area contributed by atoms with E-state index in [1.165, 1.54) is 4.90 Å². The largest absolute Gasteiger partial charge is 0.443 e. The van der Waals surface area contributed by atoms with Crippen LogP contribution in [-0.4, -0.2) is 58.3 Å². The van der Waals surface area contributed by atoms with Crippen LogP contribution >= 0.6 is 0 Å². The fraction of sp³-hybridized carbons (Fsp3) is 0.611. The molecule has 3 saturated heterocycles. The summed E-state index contributed by atoms with van der Waals surface area (Å²) in [7, 11) is -3.01. The van der Waals surface area contributed by atoms with Crippen LogP contribution in [0.5, 0.6) is 0 Å². The van der Waals surface area contributed by atoms with Crippen molar-refractivity contribution in [3.63, 3.8) is 0 Å². The number of sulfone groups is 1. The molecule has 0 bridgehead atoms. The van der Waals surface area contributed by atoms with E-state index in [0.717, 1.165) is 12.1 Å². The molecule has 0 radical (unpaired) electrons. The summed E-state index contributed by atoms with van der Waals surface area (Å²) in [5.41, 5.74) is 5.47. The maximum absolute atomic E-state index is 14.8. The number of hydrogen-bond donors (Lipinski definition) is 1. The molecule has 1 amide bonds. The normalized spacial score (nSPS) is 29.5. The first-order valence-corrected chi connectivity index (χ1v) is 11.2. The monoisotopic (exact) mass is 415 g/mol. The molecule has 0 aliphatic carbocycles. The number of nitrogens with two attached hydrogens (primary N) is 1. The standard InChI is InChI=1S/C18H23F2N3O4S/c19-15-5-13(23-10-14(7-21)27-18(23)24)6-16(20)17(15)22-8-11-1-3-28(25,26)4-2-12(11)9-22/h5-6,11-12,14H,1-4,7-10,21H2/t11?,12?,14-/m0/s1. The number of carbonyl (C=O) groups is 1. The molecular formula is C18H23F2N3O4S. The van der Waals surface area contributed by atoms with Crippen molar-refractivity contribution in [3.05, 3.63) is 23.8 Å². The van der Waals surface area contributed by atoms with Crippen LogP contribution in [0.3, 0.4) is 0 Å². The molecule has 2 N–H and O–H groups in total. The van der Waals surface area contributed by atoms with Gasteiger partial charge in [0.25, 0.3) is 0 Å². The Bertz CT molecular complexity index is 850. The van der Waals surface area contributed by atoms with Crippen LogP contribution in [0.1, 0.15) is 12.8 Å². The summed E-state index contributed by atoms with van der Waals surface area (Å²) in [6.07, 6.45) is -0.137. The maximum Gasteiger partial charge on any atom is 0.414 e. The molecular weight excluding hydrogens is 392 g/mol. The molecule has 2 unspecified atom stereocenters. The van der Waals surface area contributed by atoms with Crippen molar-refractivity contribution in [2.24, 2.45) is 17.6 Å². The second-order valence-electron chi connectivity index (χ2n) is 7.76. The predicted molar refractivity (Wildman–Crippen MR) is 100 cm³/mol. The van der Waals surface area contributed by atoms with Crippen molar-refractivity contribution in [1.82, 2.24) is 0 Å². The highest BCUT2D eigenvalue weighted by Gasteiger charge is 2.39. The van der Waals surface area contributed by atoms with Crippen LogP contribution in [-0.2, 0) is 14.6 Å². The fourth-order valence-corrected chi connectivity index (χ4v) is 5.93. The van der Waals surface area contributed by atoms with E-state index in [9.17, 15) is 22.0 Å². The summed E-state index contributed by atoms with van der Waals surface area (Å²) in [5.74, 6) is -1.02. The number of cyclic esters (lactones) is 1. The molecule has 0 spiro atoms. The van der Waals surface area contributed by atoms with Crippen LogP contribution in [0.25, 0.3) is 0 Å². The molecule has 3 atom stereocenters. The van der Waals surface area contributed by atoms with Crippen molar-refractivity contribution < 1.29 is 26.7 Å². The lowest BCUT2D eigenvalue weighted by atomic mass is 9.92. The molecule has 7 nitrogen and oxygen atoms in total. The van der Waals surface area contributed by atoms with E-state index in [4.69, 9.17) is 10.5 Å². The van der Waals surface area contributed by atoms with Gasteiger partial charge in [-0.15, -0.1) is 0 Å². The van der Waals surface area contributed by atoms with E-state index >= 15 is 0 Å². The Hall–Kier alpha value is -1.94. The Labute approximate surface area is 162 Å². The minimum absolute atomic E-state index is 0.0965. The zero-order valence-corrected chi connectivity index (χ0v) is 16.1. The van der Waals surface area contributed by atoms with Crippen molar-refractivity contribution >= 4 is 27.3 Å². The van der Waals surface area contributed by atoms with Crippen LogP contribution in [0.2, 0.25) is 0 Å². The number of carbonyl (C=O) groups excluding carboxylic acids is 1. The first-order valence-electron chi connectivity index (χ1n) is 9.40. The highest BCUT2D eigenvalue weighted by molar-refractivity contribution is 7.91. The first-order chi connectivity index (χ1) is 13.3. The molecule has 1 aromatic rings. The third kappa shape index (κ3) is 3.55. The number of halogens is 2. The molecule has 0 aromatic heterocycles. The van der Waals surface area contributed by atoms with Gasteiger partial charge in [0.1, 0.15) is 21.6 Å².